The lowest BCUT2D eigenvalue weighted by Crippen LogP contribution is -2.15. The number of hydrogen-bond donors (Lipinski definition) is 0. The lowest BCUT2D eigenvalue weighted by atomic mass is 10.5. The van der Waals surface area contributed by atoms with E-state index in [0.29, 0.717) is 0 Å². The molecule has 0 amide bonds. The van der Waals surface area contributed by atoms with Crippen molar-refractivity contribution in [3.63, 3.8) is 0 Å². The highest BCUT2D eigenvalue weighted by Gasteiger charge is 1.81. The zero-order valence-electron chi connectivity index (χ0n) is 4.36. The Balaban J connectivity index is 2.63. The zero-order valence-corrected chi connectivity index (χ0v) is 4.36. The van der Waals surface area contributed by atoms with Crippen molar-refractivity contribution in [2.75, 3.05) is 13.6 Å². The average Bonchev–Trinajstić information content (AvgIpc) is 1.35. The largest absolute Gasteiger partial charge is 0.233 e. The fraction of sp³-hybridized carbons (Fsp3) is 1.00. The van der Waals surface area contributed by atoms with Crippen LogP contribution >= 0.6 is 0 Å². The Hall–Kier alpha value is -0.0800. The Labute approximate surface area is 38.9 Å². The van der Waals surface area contributed by atoms with Crippen molar-refractivity contribution < 1.29 is 0 Å². The normalized spacial score (nSPS) is 10.0. The van der Waals surface area contributed by atoms with Gasteiger partial charge in [0.1, 0.15) is 0 Å². The summed E-state index contributed by atoms with van der Waals surface area (Å²) in [5.41, 5.74) is 0. The van der Waals surface area contributed by atoms with Gasteiger partial charge >= 0.3 is 0 Å². The SMILES string of the molecule is CCCN(C)[NH]. The highest BCUT2D eigenvalue weighted by Crippen LogP contribution is 1.74. The van der Waals surface area contributed by atoms with Crippen LogP contribution in [0.2, 0.25) is 0 Å². The smallest absolute Gasteiger partial charge is 0.0138 e. The van der Waals surface area contributed by atoms with Crippen molar-refractivity contribution in [1.29, 1.82) is 0 Å². The van der Waals surface area contributed by atoms with Gasteiger partial charge in [-0.2, -0.15) is 5.84 Å². The molecule has 2 heteroatoms. The molecule has 0 saturated carbocycles. The van der Waals surface area contributed by atoms with Crippen LogP contribution in [0.3, 0.4) is 0 Å². The molecule has 0 saturated heterocycles. The molecule has 2 nitrogen and oxygen atoms in total. The maximum atomic E-state index is 6.81. The first-order valence-electron chi connectivity index (χ1n) is 2.19. The molecule has 0 aliphatic carbocycles. The standard InChI is InChI=1S/C4H11N2/c1-3-4-6(2)5/h5H,3-4H2,1-2H3. The second-order valence-corrected chi connectivity index (χ2v) is 1.42. The Kier molecular flexibility index (Phi) is 3.08. The Morgan fingerprint density at radius 2 is 2.17 bits per heavy atom. The number of rotatable bonds is 2. The van der Waals surface area contributed by atoms with E-state index >= 15 is 0 Å². The van der Waals surface area contributed by atoms with Crippen LogP contribution < -0.4 is 5.84 Å². The lowest BCUT2D eigenvalue weighted by Gasteiger charge is -2.01. The summed E-state index contributed by atoms with van der Waals surface area (Å²) in [6, 6.07) is 0. The number of nitrogens with zero attached hydrogens (tertiary/aromatic N) is 1. The molecule has 1 radical (unpaired) electrons. The molecule has 6 heavy (non-hydrogen) atoms. The van der Waals surface area contributed by atoms with Crippen molar-refractivity contribution in [2.24, 2.45) is 0 Å². The van der Waals surface area contributed by atoms with Gasteiger partial charge in [-0.05, 0) is 6.42 Å². The van der Waals surface area contributed by atoms with E-state index in [1.165, 1.54) is 5.01 Å². The minimum Gasteiger partial charge on any atom is -0.233 e. The molecule has 0 atom stereocenters. The molecule has 0 rings (SSSR count). The van der Waals surface area contributed by atoms with Crippen LogP contribution in [0.15, 0.2) is 0 Å². The Morgan fingerprint density at radius 3 is 2.17 bits per heavy atom. The fourth-order valence-corrected chi connectivity index (χ4v) is 0.335. The van der Waals surface area contributed by atoms with E-state index < -0.39 is 0 Å². The summed E-state index contributed by atoms with van der Waals surface area (Å²) in [6.45, 7) is 2.94. The summed E-state index contributed by atoms with van der Waals surface area (Å²) in [6.07, 6.45) is 1.07. The maximum Gasteiger partial charge on any atom is 0.0138 e. The molecule has 0 aliphatic rings. The minimum atomic E-state index is 0.875. The summed E-state index contributed by atoms with van der Waals surface area (Å²) >= 11 is 0. The first kappa shape index (κ1) is 5.92. The third-order valence-electron chi connectivity index (χ3n) is 0.559. The highest BCUT2D eigenvalue weighted by molar-refractivity contribution is 4.30. The summed E-state index contributed by atoms with van der Waals surface area (Å²) < 4.78 is 0. The van der Waals surface area contributed by atoms with Gasteiger partial charge in [-0.25, -0.2) is 5.01 Å². The predicted octanol–water partition coefficient (Wildman–Crippen LogP) is 0.526. The van der Waals surface area contributed by atoms with Gasteiger partial charge in [0.2, 0.25) is 0 Å². The lowest BCUT2D eigenvalue weighted by molar-refractivity contribution is 0.330. The summed E-state index contributed by atoms with van der Waals surface area (Å²) in [5, 5.41) is 1.43. The third kappa shape index (κ3) is 3.92. The summed E-state index contributed by atoms with van der Waals surface area (Å²) in [7, 11) is 1.75. The third-order valence-corrected chi connectivity index (χ3v) is 0.559. The summed E-state index contributed by atoms with van der Waals surface area (Å²) in [5.74, 6) is 6.81. The topological polar surface area (TPSA) is 27.0 Å². The molecule has 1 N–H and O–H groups in total. The predicted molar refractivity (Wildman–Crippen MR) is 26.0 cm³/mol. The molecule has 0 heterocycles. The minimum absolute atomic E-state index is 0.875. The molecule has 0 spiro atoms. The van der Waals surface area contributed by atoms with Crippen molar-refractivity contribution in [3.05, 3.63) is 0 Å². The van der Waals surface area contributed by atoms with Crippen molar-refractivity contribution in [3.8, 4) is 0 Å². The van der Waals surface area contributed by atoms with Gasteiger partial charge in [0.05, 0.1) is 0 Å². The molecule has 0 fully saturated rings. The number of nitrogens with one attached hydrogen (secondary N) is 1. The van der Waals surface area contributed by atoms with E-state index in [0.717, 1.165) is 13.0 Å². The van der Waals surface area contributed by atoms with E-state index in [4.69, 9.17) is 5.84 Å². The van der Waals surface area contributed by atoms with Gasteiger partial charge < -0.3 is 0 Å². The van der Waals surface area contributed by atoms with E-state index in [9.17, 15) is 0 Å². The van der Waals surface area contributed by atoms with Crippen molar-refractivity contribution >= 4 is 0 Å². The van der Waals surface area contributed by atoms with E-state index in [2.05, 4.69) is 6.92 Å². The quantitative estimate of drug-likeness (QED) is 0.451. The molecule has 0 aromatic rings. The second kappa shape index (κ2) is 3.12. The van der Waals surface area contributed by atoms with Crippen LogP contribution in [-0.2, 0) is 0 Å². The molecular weight excluding hydrogens is 76.1 g/mol. The van der Waals surface area contributed by atoms with Gasteiger partial charge in [-0.3, -0.25) is 0 Å². The van der Waals surface area contributed by atoms with Gasteiger partial charge in [0.25, 0.3) is 0 Å². The van der Waals surface area contributed by atoms with Gasteiger partial charge in [0.15, 0.2) is 0 Å². The molecule has 0 aromatic carbocycles. The van der Waals surface area contributed by atoms with Crippen LogP contribution in [0.4, 0.5) is 0 Å². The van der Waals surface area contributed by atoms with Crippen molar-refractivity contribution in [1.82, 2.24) is 10.9 Å². The van der Waals surface area contributed by atoms with Gasteiger partial charge in [-0.1, -0.05) is 6.92 Å². The number of hydrogen-bond acceptors (Lipinski definition) is 1. The first-order chi connectivity index (χ1) is 2.77. The monoisotopic (exact) mass is 87.1 g/mol. The Morgan fingerprint density at radius 1 is 1.67 bits per heavy atom. The van der Waals surface area contributed by atoms with Crippen LogP contribution in [0.5, 0.6) is 0 Å². The highest BCUT2D eigenvalue weighted by atomic mass is 15.4. The van der Waals surface area contributed by atoms with Crippen LogP contribution in [-0.4, -0.2) is 18.6 Å². The van der Waals surface area contributed by atoms with Gasteiger partial charge in [0, 0.05) is 13.6 Å². The second-order valence-electron chi connectivity index (χ2n) is 1.42. The van der Waals surface area contributed by atoms with E-state index in [1.54, 1.807) is 7.05 Å². The Bertz CT molecular complexity index is 26.7. The molecule has 0 aliphatic heterocycles. The molecule has 0 bridgehead atoms. The van der Waals surface area contributed by atoms with E-state index in [1.807, 2.05) is 0 Å². The van der Waals surface area contributed by atoms with Crippen LogP contribution in [0.1, 0.15) is 13.3 Å². The van der Waals surface area contributed by atoms with Crippen LogP contribution in [0, 0.1) is 0 Å². The van der Waals surface area contributed by atoms with Crippen LogP contribution in [0.25, 0.3) is 0 Å². The zero-order chi connectivity index (χ0) is 4.99. The van der Waals surface area contributed by atoms with Gasteiger partial charge in [-0.15, -0.1) is 0 Å². The molecule has 0 unspecified atom stereocenters. The van der Waals surface area contributed by atoms with Crippen molar-refractivity contribution in [2.45, 2.75) is 13.3 Å². The molecule has 0 aromatic heterocycles. The first-order valence-corrected chi connectivity index (χ1v) is 2.19. The average molecular weight is 87.1 g/mol. The maximum absolute atomic E-state index is 6.81. The summed E-state index contributed by atoms with van der Waals surface area (Å²) in [4.78, 5) is 0. The fourth-order valence-electron chi connectivity index (χ4n) is 0.335. The van der Waals surface area contributed by atoms with E-state index in [-0.39, 0.29) is 0 Å². The molecular formula is C4H11N2. The molecule has 37 valence electrons.